The van der Waals surface area contributed by atoms with Crippen LogP contribution in [-0.4, -0.2) is 40.2 Å². The Hall–Kier alpha value is -2.74. The minimum Gasteiger partial charge on any atom is -0.351 e. The average molecular weight is 343 g/mol. The van der Waals surface area contributed by atoms with Crippen molar-refractivity contribution in [3.63, 3.8) is 0 Å². The number of hydrogen-bond donors (Lipinski definition) is 2. The van der Waals surface area contributed by atoms with Crippen LogP contribution in [0.15, 0.2) is 36.5 Å². The molecule has 1 aromatic carbocycles. The van der Waals surface area contributed by atoms with Gasteiger partial charge < -0.3 is 10.6 Å². The number of nitrogens with one attached hydrogen (secondary N) is 2. The zero-order valence-corrected chi connectivity index (χ0v) is 13.9. The fourth-order valence-corrected chi connectivity index (χ4v) is 2.97. The SMILES string of the molecule is O=C(NCCC1CCCNC1)c1ccn(-c2ccc([N+](=O)[O-])cc2)n1. The van der Waals surface area contributed by atoms with Crippen molar-refractivity contribution in [3.8, 4) is 5.69 Å². The molecule has 25 heavy (non-hydrogen) atoms. The second kappa shape index (κ2) is 7.89. The second-order valence-corrected chi connectivity index (χ2v) is 6.18. The molecule has 0 radical (unpaired) electrons. The van der Waals surface area contributed by atoms with Crippen molar-refractivity contribution in [2.45, 2.75) is 19.3 Å². The molecule has 1 saturated heterocycles. The van der Waals surface area contributed by atoms with Crippen molar-refractivity contribution in [2.24, 2.45) is 5.92 Å². The smallest absolute Gasteiger partial charge is 0.271 e. The molecule has 3 rings (SSSR count). The number of hydrogen-bond acceptors (Lipinski definition) is 5. The van der Waals surface area contributed by atoms with Crippen LogP contribution in [0.2, 0.25) is 0 Å². The summed E-state index contributed by atoms with van der Waals surface area (Å²) in [6.45, 7) is 2.74. The van der Waals surface area contributed by atoms with Crippen LogP contribution in [0, 0.1) is 16.0 Å². The van der Waals surface area contributed by atoms with Crippen LogP contribution in [0.3, 0.4) is 0 Å². The Bertz CT molecular complexity index is 735. The van der Waals surface area contributed by atoms with Crippen LogP contribution in [0.4, 0.5) is 5.69 Å². The molecule has 0 bridgehead atoms. The van der Waals surface area contributed by atoms with E-state index in [1.165, 1.54) is 29.7 Å². The number of carbonyl (C=O) groups excluding carboxylic acids is 1. The van der Waals surface area contributed by atoms with Crippen molar-refractivity contribution >= 4 is 11.6 Å². The van der Waals surface area contributed by atoms with E-state index in [4.69, 9.17) is 0 Å². The third kappa shape index (κ3) is 4.42. The second-order valence-electron chi connectivity index (χ2n) is 6.18. The number of rotatable bonds is 6. The summed E-state index contributed by atoms with van der Waals surface area (Å²) < 4.78 is 1.53. The number of piperidine rings is 1. The highest BCUT2D eigenvalue weighted by molar-refractivity contribution is 5.92. The van der Waals surface area contributed by atoms with Crippen molar-refractivity contribution in [2.75, 3.05) is 19.6 Å². The Morgan fingerprint density at radius 1 is 1.36 bits per heavy atom. The molecular weight excluding hydrogens is 322 g/mol. The van der Waals surface area contributed by atoms with Crippen LogP contribution in [-0.2, 0) is 0 Å². The van der Waals surface area contributed by atoms with E-state index in [2.05, 4.69) is 15.7 Å². The summed E-state index contributed by atoms with van der Waals surface area (Å²) in [5, 5.41) is 21.2. The van der Waals surface area contributed by atoms with E-state index >= 15 is 0 Å². The molecule has 8 nitrogen and oxygen atoms in total. The van der Waals surface area contributed by atoms with Gasteiger partial charge in [-0.1, -0.05) is 0 Å². The normalized spacial score (nSPS) is 17.2. The molecule has 132 valence electrons. The maximum atomic E-state index is 12.2. The van der Waals surface area contributed by atoms with E-state index in [9.17, 15) is 14.9 Å². The first-order chi connectivity index (χ1) is 12.1. The number of carbonyl (C=O) groups is 1. The number of nitro benzene ring substituents is 1. The summed E-state index contributed by atoms with van der Waals surface area (Å²) in [6, 6.07) is 7.66. The summed E-state index contributed by atoms with van der Waals surface area (Å²) in [6.07, 6.45) is 5.03. The maximum Gasteiger partial charge on any atom is 0.271 e. The lowest BCUT2D eigenvalue weighted by molar-refractivity contribution is -0.384. The van der Waals surface area contributed by atoms with Gasteiger partial charge in [-0.05, 0) is 56.5 Å². The molecule has 1 atom stereocenters. The first-order valence-electron chi connectivity index (χ1n) is 8.43. The zero-order chi connectivity index (χ0) is 17.6. The van der Waals surface area contributed by atoms with Crippen molar-refractivity contribution in [3.05, 3.63) is 52.3 Å². The van der Waals surface area contributed by atoms with Gasteiger partial charge in [0, 0.05) is 24.9 Å². The quantitative estimate of drug-likeness (QED) is 0.616. The highest BCUT2D eigenvalue weighted by Gasteiger charge is 2.14. The molecule has 1 amide bonds. The number of nitrogens with zero attached hydrogens (tertiary/aromatic N) is 3. The molecule has 0 aliphatic carbocycles. The van der Waals surface area contributed by atoms with Crippen molar-refractivity contribution in [1.82, 2.24) is 20.4 Å². The summed E-state index contributed by atoms with van der Waals surface area (Å²) in [4.78, 5) is 22.4. The third-order valence-corrected chi connectivity index (χ3v) is 4.38. The van der Waals surface area contributed by atoms with Gasteiger partial charge in [-0.2, -0.15) is 5.10 Å². The zero-order valence-electron chi connectivity index (χ0n) is 13.9. The topological polar surface area (TPSA) is 102 Å². The lowest BCUT2D eigenvalue weighted by atomic mass is 9.96. The monoisotopic (exact) mass is 343 g/mol. The van der Waals surface area contributed by atoms with Gasteiger partial charge in [0.05, 0.1) is 10.6 Å². The van der Waals surface area contributed by atoms with E-state index in [-0.39, 0.29) is 11.6 Å². The summed E-state index contributed by atoms with van der Waals surface area (Å²) in [5.41, 5.74) is 1.02. The highest BCUT2D eigenvalue weighted by Crippen LogP contribution is 2.15. The standard InChI is InChI=1S/C17H21N5O3/c23-17(19-10-7-13-2-1-9-18-12-13)16-8-11-21(20-16)14-3-5-15(6-4-14)22(24)25/h3-6,8,11,13,18H,1-2,7,9-10,12H2,(H,19,23). The van der Waals surface area contributed by atoms with Crippen LogP contribution in [0.1, 0.15) is 29.8 Å². The molecule has 1 fully saturated rings. The molecule has 2 heterocycles. The van der Waals surface area contributed by atoms with Gasteiger partial charge in [-0.25, -0.2) is 4.68 Å². The van der Waals surface area contributed by atoms with Crippen molar-refractivity contribution < 1.29 is 9.72 Å². The number of benzene rings is 1. The fourth-order valence-electron chi connectivity index (χ4n) is 2.97. The Kier molecular flexibility index (Phi) is 5.39. The van der Waals surface area contributed by atoms with Crippen LogP contribution < -0.4 is 10.6 Å². The first kappa shape index (κ1) is 17.1. The van der Waals surface area contributed by atoms with E-state index in [0.29, 0.717) is 23.8 Å². The number of amides is 1. The van der Waals surface area contributed by atoms with Gasteiger partial charge >= 0.3 is 0 Å². The summed E-state index contributed by atoms with van der Waals surface area (Å²) in [5.74, 6) is 0.413. The first-order valence-corrected chi connectivity index (χ1v) is 8.43. The molecule has 2 N–H and O–H groups in total. The largest absolute Gasteiger partial charge is 0.351 e. The number of nitro groups is 1. The fraction of sp³-hybridized carbons (Fsp3) is 0.412. The molecule has 1 aliphatic heterocycles. The molecular formula is C17H21N5O3. The molecule has 1 aromatic heterocycles. The lowest BCUT2D eigenvalue weighted by Crippen LogP contribution is -2.33. The summed E-state index contributed by atoms with van der Waals surface area (Å²) >= 11 is 0. The van der Waals surface area contributed by atoms with Crippen LogP contribution in [0.5, 0.6) is 0 Å². The van der Waals surface area contributed by atoms with Gasteiger partial charge in [-0.3, -0.25) is 14.9 Å². The van der Waals surface area contributed by atoms with Gasteiger partial charge in [0.25, 0.3) is 11.6 Å². The van der Waals surface area contributed by atoms with Gasteiger partial charge in [0.1, 0.15) is 0 Å². The average Bonchev–Trinajstić information content (AvgIpc) is 3.13. The van der Waals surface area contributed by atoms with Crippen LogP contribution >= 0.6 is 0 Å². The lowest BCUT2D eigenvalue weighted by Gasteiger charge is -2.22. The Labute approximate surface area is 145 Å². The van der Waals surface area contributed by atoms with E-state index < -0.39 is 4.92 Å². The molecule has 8 heteroatoms. The minimum absolute atomic E-state index is 0.0195. The van der Waals surface area contributed by atoms with Crippen molar-refractivity contribution in [1.29, 1.82) is 0 Å². The Morgan fingerprint density at radius 3 is 2.84 bits per heavy atom. The predicted octanol–water partition coefficient (Wildman–Crippen LogP) is 1.90. The van der Waals surface area contributed by atoms with Gasteiger partial charge in [-0.15, -0.1) is 0 Å². The van der Waals surface area contributed by atoms with Gasteiger partial charge in [0.15, 0.2) is 5.69 Å². The minimum atomic E-state index is -0.451. The van der Waals surface area contributed by atoms with Gasteiger partial charge in [0.2, 0.25) is 0 Å². The molecule has 0 spiro atoms. The van der Waals surface area contributed by atoms with E-state index in [1.54, 1.807) is 24.4 Å². The molecule has 2 aromatic rings. The molecule has 1 unspecified atom stereocenters. The summed E-state index contributed by atoms with van der Waals surface area (Å²) in [7, 11) is 0. The number of aromatic nitrogens is 2. The van der Waals surface area contributed by atoms with Crippen LogP contribution in [0.25, 0.3) is 5.69 Å². The highest BCUT2D eigenvalue weighted by atomic mass is 16.6. The Balaban J connectivity index is 1.54. The Morgan fingerprint density at radius 2 is 2.16 bits per heavy atom. The third-order valence-electron chi connectivity index (χ3n) is 4.38. The van der Waals surface area contributed by atoms with E-state index in [0.717, 1.165) is 19.5 Å². The molecule has 0 saturated carbocycles. The van der Waals surface area contributed by atoms with E-state index in [1.807, 2.05) is 0 Å². The molecule has 1 aliphatic rings. The number of non-ortho nitro benzene ring substituents is 1. The maximum absolute atomic E-state index is 12.2. The predicted molar refractivity (Wildman–Crippen MR) is 92.8 cm³/mol.